The van der Waals surface area contributed by atoms with Crippen LogP contribution in [0.5, 0.6) is 11.6 Å². The molecular formula is C9H6Cl2N2OS. The Bertz CT molecular complexity index is 487. The molecule has 2 aromatic rings. The van der Waals surface area contributed by atoms with E-state index in [9.17, 15) is 0 Å². The highest BCUT2D eigenvalue weighted by molar-refractivity contribution is 6.99. The van der Waals surface area contributed by atoms with Crippen LogP contribution in [0.3, 0.4) is 0 Å². The van der Waals surface area contributed by atoms with Crippen LogP contribution in [0.2, 0.25) is 10.2 Å². The van der Waals surface area contributed by atoms with Crippen molar-refractivity contribution in [2.45, 2.75) is 6.92 Å². The summed E-state index contributed by atoms with van der Waals surface area (Å²) in [6.45, 7) is 1.92. The number of hydrogen-bond acceptors (Lipinski definition) is 4. The van der Waals surface area contributed by atoms with Crippen molar-refractivity contribution in [2.24, 2.45) is 0 Å². The van der Waals surface area contributed by atoms with E-state index in [1.54, 1.807) is 12.1 Å². The van der Waals surface area contributed by atoms with E-state index in [-0.39, 0.29) is 5.15 Å². The van der Waals surface area contributed by atoms with E-state index in [1.807, 2.05) is 13.0 Å². The lowest BCUT2D eigenvalue weighted by atomic mass is 10.2. The quantitative estimate of drug-likeness (QED) is 0.821. The molecule has 0 radical (unpaired) electrons. The first-order valence-corrected chi connectivity index (χ1v) is 5.57. The summed E-state index contributed by atoms with van der Waals surface area (Å²) in [5, 5.41) is 0.870. The van der Waals surface area contributed by atoms with Gasteiger partial charge in [-0.3, -0.25) is 0 Å². The normalized spacial score (nSPS) is 10.3. The van der Waals surface area contributed by atoms with Crippen LogP contribution in [0.1, 0.15) is 5.56 Å². The van der Waals surface area contributed by atoms with Gasteiger partial charge in [0.25, 0.3) is 5.88 Å². The zero-order valence-corrected chi connectivity index (χ0v) is 10.0. The van der Waals surface area contributed by atoms with E-state index in [0.29, 0.717) is 16.7 Å². The Morgan fingerprint density at radius 2 is 2.07 bits per heavy atom. The minimum atomic E-state index is 0.263. The van der Waals surface area contributed by atoms with Crippen molar-refractivity contribution < 1.29 is 4.74 Å². The molecule has 3 nitrogen and oxygen atoms in total. The highest BCUT2D eigenvalue weighted by atomic mass is 35.5. The topological polar surface area (TPSA) is 35.0 Å². The summed E-state index contributed by atoms with van der Waals surface area (Å²) < 4.78 is 13.2. The lowest BCUT2D eigenvalue weighted by Crippen LogP contribution is -1.88. The van der Waals surface area contributed by atoms with E-state index >= 15 is 0 Å². The minimum absolute atomic E-state index is 0.263. The van der Waals surface area contributed by atoms with Crippen molar-refractivity contribution in [1.82, 2.24) is 8.75 Å². The van der Waals surface area contributed by atoms with Gasteiger partial charge in [-0.15, -0.1) is 4.37 Å². The van der Waals surface area contributed by atoms with Gasteiger partial charge in [0.2, 0.25) is 5.15 Å². The van der Waals surface area contributed by atoms with Crippen molar-refractivity contribution in [3.05, 3.63) is 33.9 Å². The molecule has 0 spiro atoms. The molecule has 0 bridgehead atoms. The van der Waals surface area contributed by atoms with E-state index in [0.717, 1.165) is 17.3 Å². The molecule has 6 heteroatoms. The molecule has 0 aliphatic heterocycles. The number of hydrogen-bond donors (Lipinski definition) is 0. The second kappa shape index (κ2) is 4.35. The lowest BCUT2D eigenvalue weighted by Gasteiger charge is -2.05. The Morgan fingerprint density at radius 3 is 2.73 bits per heavy atom. The molecule has 0 saturated heterocycles. The maximum Gasteiger partial charge on any atom is 0.270 e. The molecule has 1 aromatic carbocycles. The van der Waals surface area contributed by atoms with E-state index in [2.05, 4.69) is 8.75 Å². The Kier molecular flexibility index (Phi) is 3.09. The summed E-state index contributed by atoms with van der Waals surface area (Å²) in [7, 11) is 0. The van der Waals surface area contributed by atoms with Gasteiger partial charge >= 0.3 is 0 Å². The summed E-state index contributed by atoms with van der Waals surface area (Å²) in [5.41, 5.74) is 0.962. The summed E-state index contributed by atoms with van der Waals surface area (Å²) >= 11 is 12.6. The van der Waals surface area contributed by atoms with Crippen molar-refractivity contribution in [1.29, 1.82) is 0 Å². The summed E-state index contributed by atoms with van der Waals surface area (Å²) in [6, 6.07) is 5.38. The SMILES string of the molecule is Cc1ccc(Cl)cc1Oc1nsnc1Cl. The summed E-state index contributed by atoms with van der Waals surface area (Å²) in [4.78, 5) is 0. The molecular weight excluding hydrogens is 255 g/mol. The monoisotopic (exact) mass is 260 g/mol. The first-order valence-electron chi connectivity index (χ1n) is 4.09. The average molecular weight is 261 g/mol. The maximum absolute atomic E-state index is 5.85. The van der Waals surface area contributed by atoms with E-state index < -0.39 is 0 Å². The fraction of sp³-hybridized carbons (Fsp3) is 0.111. The molecule has 0 amide bonds. The number of aryl methyl sites for hydroxylation is 1. The van der Waals surface area contributed by atoms with Gasteiger partial charge in [-0.05, 0) is 24.6 Å². The van der Waals surface area contributed by atoms with E-state index in [1.165, 1.54) is 0 Å². The third-order valence-electron chi connectivity index (χ3n) is 1.78. The predicted molar refractivity (Wildman–Crippen MR) is 61.2 cm³/mol. The number of ether oxygens (including phenoxy) is 1. The third kappa shape index (κ3) is 2.40. The standard InChI is InChI=1S/C9H6Cl2N2OS/c1-5-2-3-6(10)4-7(5)14-9-8(11)12-15-13-9/h2-4H,1H3. The minimum Gasteiger partial charge on any atom is -0.435 e. The molecule has 1 heterocycles. The lowest BCUT2D eigenvalue weighted by molar-refractivity contribution is 0.464. The number of halogens is 2. The fourth-order valence-corrected chi connectivity index (χ4v) is 1.79. The number of rotatable bonds is 2. The molecule has 0 aliphatic carbocycles. The first-order chi connectivity index (χ1) is 7.16. The van der Waals surface area contributed by atoms with Gasteiger partial charge in [-0.25, -0.2) is 0 Å². The van der Waals surface area contributed by atoms with Crippen LogP contribution in [0.15, 0.2) is 18.2 Å². The zero-order valence-electron chi connectivity index (χ0n) is 7.70. The fourth-order valence-electron chi connectivity index (χ4n) is 1.02. The Labute approximate surface area is 101 Å². The van der Waals surface area contributed by atoms with Gasteiger partial charge in [0.05, 0.1) is 11.7 Å². The largest absolute Gasteiger partial charge is 0.435 e. The number of benzene rings is 1. The average Bonchev–Trinajstić information content (AvgIpc) is 2.58. The van der Waals surface area contributed by atoms with Crippen molar-refractivity contribution >= 4 is 34.9 Å². The van der Waals surface area contributed by atoms with Crippen LogP contribution >= 0.6 is 34.9 Å². The molecule has 0 atom stereocenters. The maximum atomic E-state index is 5.85. The summed E-state index contributed by atoms with van der Waals surface area (Å²) in [5.74, 6) is 0.948. The zero-order chi connectivity index (χ0) is 10.8. The number of nitrogens with zero attached hydrogens (tertiary/aromatic N) is 2. The van der Waals surface area contributed by atoms with Gasteiger partial charge in [-0.1, -0.05) is 29.3 Å². The van der Waals surface area contributed by atoms with Gasteiger partial charge in [0.15, 0.2) is 0 Å². The van der Waals surface area contributed by atoms with Crippen LogP contribution in [-0.2, 0) is 0 Å². The Balaban J connectivity index is 2.32. The van der Waals surface area contributed by atoms with E-state index in [4.69, 9.17) is 27.9 Å². The second-order valence-electron chi connectivity index (χ2n) is 2.87. The van der Waals surface area contributed by atoms with Gasteiger partial charge in [-0.2, -0.15) is 4.37 Å². The second-order valence-corrected chi connectivity index (χ2v) is 4.19. The molecule has 0 aliphatic rings. The van der Waals surface area contributed by atoms with Crippen LogP contribution in [-0.4, -0.2) is 8.75 Å². The van der Waals surface area contributed by atoms with Crippen LogP contribution in [0.25, 0.3) is 0 Å². The summed E-state index contributed by atoms with van der Waals surface area (Å²) in [6.07, 6.45) is 0. The number of aromatic nitrogens is 2. The Hall–Kier alpha value is -0.840. The third-order valence-corrected chi connectivity index (χ3v) is 2.87. The van der Waals surface area contributed by atoms with Crippen LogP contribution in [0.4, 0.5) is 0 Å². The van der Waals surface area contributed by atoms with Crippen molar-refractivity contribution in [3.63, 3.8) is 0 Å². The first kappa shape index (κ1) is 10.7. The Morgan fingerprint density at radius 1 is 1.27 bits per heavy atom. The van der Waals surface area contributed by atoms with Crippen molar-refractivity contribution in [3.8, 4) is 11.6 Å². The van der Waals surface area contributed by atoms with Crippen molar-refractivity contribution in [2.75, 3.05) is 0 Å². The van der Waals surface area contributed by atoms with Crippen LogP contribution in [0, 0.1) is 6.92 Å². The molecule has 0 N–H and O–H groups in total. The molecule has 15 heavy (non-hydrogen) atoms. The van der Waals surface area contributed by atoms with Gasteiger partial charge < -0.3 is 4.74 Å². The van der Waals surface area contributed by atoms with Gasteiger partial charge in [0, 0.05) is 5.02 Å². The molecule has 0 fully saturated rings. The van der Waals surface area contributed by atoms with Crippen LogP contribution < -0.4 is 4.74 Å². The highest BCUT2D eigenvalue weighted by Gasteiger charge is 2.09. The predicted octanol–water partition coefficient (Wildman–Crippen LogP) is 3.95. The van der Waals surface area contributed by atoms with Gasteiger partial charge in [0.1, 0.15) is 5.75 Å². The molecule has 0 unspecified atom stereocenters. The molecule has 1 aromatic heterocycles. The smallest absolute Gasteiger partial charge is 0.270 e. The molecule has 0 saturated carbocycles. The molecule has 2 rings (SSSR count). The highest BCUT2D eigenvalue weighted by Crippen LogP contribution is 2.30. The molecule has 78 valence electrons.